The van der Waals surface area contributed by atoms with E-state index in [1.54, 1.807) is 7.11 Å². The van der Waals surface area contributed by atoms with E-state index in [2.05, 4.69) is 5.32 Å². The zero-order chi connectivity index (χ0) is 12.0. The molecule has 0 aliphatic carbocycles. The van der Waals surface area contributed by atoms with Crippen LogP contribution in [0.4, 0.5) is 5.69 Å². The van der Waals surface area contributed by atoms with Crippen LogP contribution in [-0.4, -0.2) is 19.6 Å². The van der Waals surface area contributed by atoms with E-state index in [0.717, 1.165) is 11.3 Å². The van der Waals surface area contributed by atoms with Gasteiger partial charge in [-0.15, -0.1) is 12.4 Å². The van der Waals surface area contributed by atoms with Crippen molar-refractivity contribution in [2.45, 2.75) is 19.4 Å². The summed E-state index contributed by atoms with van der Waals surface area (Å²) in [6.07, 6.45) is 0.367. The average Bonchev–Trinajstić information content (AvgIpc) is 2.27. The Balaban J connectivity index is 0.00000256. The van der Waals surface area contributed by atoms with Gasteiger partial charge in [-0.3, -0.25) is 4.79 Å². The first-order chi connectivity index (χ1) is 7.63. The lowest BCUT2D eigenvalue weighted by atomic mass is 10.1. The SMILES string of the molecule is COCCC(=O)Nc1ccc(C(C)N)cc1.Cl. The number of hydrogen-bond acceptors (Lipinski definition) is 3. The van der Waals surface area contributed by atoms with Crippen LogP contribution in [0.25, 0.3) is 0 Å². The van der Waals surface area contributed by atoms with E-state index in [0.29, 0.717) is 13.0 Å². The Kier molecular flexibility index (Phi) is 7.54. The molecule has 1 aromatic rings. The molecule has 1 unspecified atom stereocenters. The number of ether oxygens (including phenoxy) is 1. The fraction of sp³-hybridized carbons (Fsp3) is 0.417. The molecular weight excluding hydrogens is 240 g/mol. The summed E-state index contributed by atoms with van der Waals surface area (Å²) in [5.74, 6) is -0.0459. The van der Waals surface area contributed by atoms with Gasteiger partial charge in [0.1, 0.15) is 0 Å². The lowest BCUT2D eigenvalue weighted by Crippen LogP contribution is -2.13. The molecular formula is C12H19ClN2O2. The van der Waals surface area contributed by atoms with Gasteiger partial charge in [-0.2, -0.15) is 0 Å². The first-order valence-corrected chi connectivity index (χ1v) is 5.28. The normalized spacial score (nSPS) is 11.5. The highest BCUT2D eigenvalue weighted by atomic mass is 35.5. The number of carbonyl (C=O) groups excluding carboxylic acids is 1. The van der Waals surface area contributed by atoms with Crippen molar-refractivity contribution in [2.75, 3.05) is 19.0 Å². The number of nitrogens with one attached hydrogen (secondary N) is 1. The molecule has 0 aromatic heterocycles. The molecule has 4 nitrogen and oxygen atoms in total. The molecule has 5 heteroatoms. The standard InChI is InChI=1S/C12H18N2O2.ClH/c1-9(13)10-3-5-11(6-4-10)14-12(15)7-8-16-2;/h3-6,9H,7-8,13H2,1-2H3,(H,14,15);1H. The van der Waals surface area contributed by atoms with Crippen LogP contribution in [0, 0.1) is 0 Å². The molecule has 1 aromatic carbocycles. The minimum absolute atomic E-state index is 0. The van der Waals surface area contributed by atoms with Gasteiger partial charge in [0.25, 0.3) is 0 Å². The second-order valence-electron chi connectivity index (χ2n) is 3.70. The van der Waals surface area contributed by atoms with Gasteiger partial charge in [-0.1, -0.05) is 12.1 Å². The first kappa shape index (κ1) is 15.9. The third kappa shape index (κ3) is 5.68. The maximum absolute atomic E-state index is 11.4. The van der Waals surface area contributed by atoms with E-state index in [1.165, 1.54) is 0 Å². The Morgan fingerprint density at radius 3 is 2.47 bits per heavy atom. The number of methoxy groups -OCH3 is 1. The van der Waals surface area contributed by atoms with E-state index < -0.39 is 0 Å². The second-order valence-corrected chi connectivity index (χ2v) is 3.70. The molecule has 17 heavy (non-hydrogen) atoms. The molecule has 3 N–H and O–H groups in total. The van der Waals surface area contributed by atoms with E-state index in [1.807, 2.05) is 31.2 Å². The molecule has 0 spiro atoms. The molecule has 0 aliphatic heterocycles. The molecule has 0 aliphatic rings. The summed E-state index contributed by atoms with van der Waals surface area (Å²) in [4.78, 5) is 11.4. The molecule has 96 valence electrons. The number of hydrogen-bond donors (Lipinski definition) is 2. The predicted octanol–water partition coefficient (Wildman–Crippen LogP) is 2.10. The van der Waals surface area contributed by atoms with Gasteiger partial charge in [-0.05, 0) is 24.6 Å². The van der Waals surface area contributed by atoms with Crippen molar-refractivity contribution in [2.24, 2.45) is 5.73 Å². The van der Waals surface area contributed by atoms with Crippen LogP contribution < -0.4 is 11.1 Å². The van der Waals surface area contributed by atoms with E-state index in [9.17, 15) is 4.79 Å². The number of amides is 1. The predicted molar refractivity (Wildman–Crippen MR) is 71.4 cm³/mol. The highest BCUT2D eigenvalue weighted by Crippen LogP contribution is 2.14. The van der Waals surface area contributed by atoms with Gasteiger partial charge in [0, 0.05) is 18.8 Å². The summed E-state index contributed by atoms with van der Waals surface area (Å²) < 4.78 is 4.82. The van der Waals surface area contributed by atoms with Crippen LogP contribution in [0.3, 0.4) is 0 Å². The summed E-state index contributed by atoms with van der Waals surface area (Å²) in [6.45, 7) is 2.36. The van der Waals surface area contributed by atoms with Crippen molar-refractivity contribution in [1.29, 1.82) is 0 Å². The summed E-state index contributed by atoms with van der Waals surface area (Å²) in [5, 5.41) is 2.78. The smallest absolute Gasteiger partial charge is 0.226 e. The summed E-state index contributed by atoms with van der Waals surface area (Å²) in [7, 11) is 1.57. The van der Waals surface area contributed by atoms with Gasteiger partial charge < -0.3 is 15.8 Å². The van der Waals surface area contributed by atoms with Gasteiger partial charge in [0.2, 0.25) is 5.91 Å². The number of nitrogens with two attached hydrogens (primary N) is 1. The van der Waals surface area contributed by atoms with Crippen molar-refractivity contribution >= 4 is 24.0 Å². The summed E-state index contributed by atoms with van der Waals surface area (Å²) in [6, 6.07) is 7.54. The number of carbonyl (C=O) groups is 1. The molecule has 0 saturated heterocycles. The molecule has 0 bridgehead atoms. The Morgan fingerprint density at radius 1 is 1.41 bits per heavy atom. The quantitative estimate of drug-likeness (QED) is 0.850. The monoisotopic (exact) mass is 258 g/mol. The summed E-state index contributed by atoms with van der Waals surface area (Å²) >= 11 is 0. The number of halogens is 1. The van der Waals surface area contributed by atoms with Crippen LogP contribution in [0.15, 0.2) is 24.3 Å². The Labute approximate surface area is 108 Å². The van der Waals surface area contributed by atoms with E-state index >= 15 is 0 Å². The first-order valence-electron chi connectivity index (χ1n) is 5.28. The summed E-state index contributed by atoms with van der Waals surface area (Å²) in [5.41, 5.74) is 7.56. The second kappa shape index (κ2) is 8.06. The van der Waals surface area contributed by atoms with Gasteiger partial charge in [0.05, 0.1) is 13.0 Å². The third-order valence-corrected chi connectivity index (χ3v) is 2.25. The minimum Gasteiger partial charge on any atom is -0.384 e. The van der Waals surface area contributed by atoms with E-state index in [4.69, 9.17) is 10.5 Å². The van der Waals surface area contributed by atoms with Crippen molar-refractivity contribution in [3.63, 3.8) is 0 Å². The Hall–Kier alpha value is -1.10. The fourth-order valence-corrected chi connectivity index (χ4v) is 1.29. The van der Waals surface area contributed by atoms with Gasteiger partial charge in [-0.25, -0.2) is 0 Å². The topological polar surface area (TPSA) is 64.3 Å². The van der Waals surface area contributed by atoms with E-state index in [-0.39, 0.29) is 24.4 Å². The molecule has 1 amide bonds. The molecule has 0 fully saturated rings. The molecule has 1 atom stereocenters. The number of anilines is 1. The zero-order valence-electron chi connectivity index (χ0n) is 10.1. The highest BCUT2D eigenvalue weighted by molar-refractivity contribution is 5.90. The van der Waals surface area contributed by atoms with Crippen molar-refractivity contribution in [3.8, 4) is 0 Å². The van der Waals surface area contributed by atoms with Crippen LogP contribution >= 0.6 is 12.4 Å². The number of benzene rings is 1. The van der Waals surface area contributed by atoms with Gasteiger partial charge >= 0.3 is 0 Å². The lowest BCUT2D eigenvalue weighted by molar-refractivity contribution is -0.117. The van der Waals surface area contributed by atoms with Crippen LogP contribution in [0.2, 0.25) is 0 Å². The third-order valence-electron chi connectivity index (χ3n) is 2.25. The maximum atomic E-state index is 11.4. The minimum atomic E-state index is -0.0459. The van der Waals surface area contributed by atoms with Crippen LogP contribution in [0.5, 0.6) is 0 Å². The zero-order valence-corrected chi connectivity index (χ0v) is 10.9. The molecule has 0 heterocycles. The molecule has 0 radical (unpaired) electrons. The lowest BCUT2D eigenvalue weighted by Gasteiger charge is -2.08. The number of rotatable bonds is 5. The Morgan fingerprint density at radius 2 is 2.00 bits per heavy atom. The fourth-order valence-electron chi connectivity index (χ4n) is 1.29. The van der Waals surface area contributed by atoms with Gasteiger partial charge in [0.15, 0.2) is 0 Å². The highest BCUT2D eigenvalue weighted by Gasteiger charge is 2.03. The van der Waals surface area contributed by atoms with Crippen molar-refractivity contribution < 1.29 is 9.53 Å². The maximum Gasteiger partial charge on any atom is 0.226 e. The van der Waals surface area contributed by atoms with Crippen molar-refractivity contribution in [1.82, 2.24) is 0 Å². The Bertz CT molecular complexity index is 339. The largest absolute Gasteiger partial charge is 0.384 e. The average molecular weight is 259 g/mol. The molecule has 1 rings (SSSR count). The molecule has 0 saturated carbocycles. The van der Waals surface area contributed by atoms with Crippen LogP contribution in [-0.2, 0) is 9.53 Å². The van der Waals surface area contributed by atoms with Crippen LogP contribution in [0.1, 0.15) is 24.9 Å². The van der Waals surface area contributed by atoms with Crippen molar-refractivity contribution in [3.05, 3.63) is 29.8 Å².